The van der Waals surface area contributed by atoms with Gasteiger partial charge in [0.15, 0.2) is 5.13 Å². The van der Waals surface area contributed by atoms with Crippen molar-refractivity contribution >= 4 is 32.6 Å². The first-order chi connectivity index (χ1) is 11.7. The largest absolute Gasteiger partial charge is 0.497 e. The number of para-hydroxylation sites is 1. The maximum absolute atomic E-state index is 12.7. The molecule has 1 aliphatic rings. The zero-order valence-electron chi connectivity index (χ0n) is 13.1. The predicted octanol–water partition coefficient (Wildman–Crippen LogP) is 3.81. The van der Waals surface area contributed by atoms with Gasteiger partial charge in [0.2, 0.25) is 5.91 Å². The monoisotopic (exact) mass is 340 g/mol. The van der Waals surface area contributed by atoms with Crippen LogP contribution in [0.25, 0.3) is 10.2 Å². The van der Waals surface area contributed by atoms with Gasteiger partial charge in [0.25, 0.3) is 0 Å². The summed E-state index contributed by atoms with van der Waals surface area (Å²) in [7, 11) is 1.63. The highest BCUT2D eigenvalue weighted by Crippen LogP contribution is 2.35. The minimum absolute atomic E-state index is 0.0447. The average Bonchev–Trinajstić information content (AvgIpc) is 3.02. The number of benzene rings is 2. The minimum atomic E-state index is -0.212. The molecule has 1 aromatic heterocycles. The van der Waals surface area contributed by atoms with Crippen LogP contribution in [-0.2, 0) is 4.79 Å². The first-order valence-electron chi connectivity index (χ1n) is 7.72. The molecule has 6 heteroatoms. The van der Waals surface area contributed by atoms with Crippen LogP contribution in [0.15, 0.2) is 42.5 Å². The molecule has 2 heterocycles. The Hall–Kier alpha value is -2.60. The number of rotatable bonds is 3. The van der Waals surface area contributed by atoms with Crippen molar-refractivity contribution in [3.63, 3.8) is 0 Å². The Balaban J connectivity index is 1.58. The molecule has 1 amide bonds. The number of hydrogen-bond acceptors (Lipinski definition) is 5. The molecule has 0 spiro atoms. The van der Waals surface area contributed by atoms with Gasteiger partial charge in [0, 0.05) is 5.56 Å². The number of ether oxygens (including phenoxy) is 2. The molecule has 0 fully saturated rings. The van der Waals surface area contributed by atoms with Gasteiger partial charge in [-0.25, -0.2) is 4.98 Å². The van der Waals surface area contributed by atoms with E-state index in [0.29, 0.717) is 18.2 Å². The van der Waals surface area contributed by atoms with E-state index in [1.807, 2.05) is 42.5 Å². The zero-order valence-corrected chi connectivity index (χ0v) is 13.9. The number of hydrogen-bond donors (Lipinski definition) is 1. The molecular weight excluding hydrogens is 324 g/mol. The molecule has 1 N–H and O–H groups in total. The lowest BCUT2D eigenvalue weighted by atomic mass is 9.92. The molecule has 1 aliphatic heterocycles. The molecule has 0 aliphatic carbocycles. The second-order valence-corrected chi connectivity index (χ2v) is 6.60. The van der Waals surface area contributed by atoms with E-state index in [0.717, 1.165) is 27.3 Å². The summed E-state index contributed by atoms with van der Waals surface area (Å²) in [4.78, 5) is 17.2. The molecule has 4 rings (SSSR count). The van der Waals surface area contributed by atoms with Gasteiger partial charge in [-0.2, -0.15) is 0 Å². The zero-order chi connectivity index (χ0) is 16.5. The molecule has 1 unspecified atom stereocenters. The van der Waals surface area contributed by atoms with Crippen LogP contribution in [0.5, 0.6) is 11.5 Å². The van der Waals surface area contributed by atoms with Crippen LogP contribution >= 0.6 is 11.3 Å². The van der Waals surface area contributed by atoms with Crippen LogP contribution in [0.3, 0.4) is 0 Å². The molecule has 3 aromatic rings. The lowest BCUT2D eigenvalue weighted by molar-refractivity contribution is -0.118. The first kappa shape index (κ1) is 15.0. The molecule has 122 valence electrons. The van der Waals surface area contributed by atoms with Gasteiger partial charge < -0.3 is 14.8 Å². The Morgan fingerprint density at radius 3 is 3.08 bits per heavy atom. The molecular formula is C18H16N2O3S. The number of methoxy groups -OCH3 is 1. The number of carbonyl (C=O) groups is 1. The number of thiazole rings is 1. The minimum Gasteiger partial charge on any atom is -0.497 e. The predicted molar refractivity (Wildman–Crippen MR) is 94.1 cm³/mol. The number of nitrogens with zero attached hydrogens (tertiary/aromatic N) is 1. The van der Waals surface area contributed by atoms with Crippen LogP contribution in [0.1, 0.15) is 17.9 Å². The summed E-state index contributed by atoms with van der Waals surface area (Å²) >= 11 is 1.45. The number of aromatic nitrogens is 1. The number of carbonyl (C=O) groups excluding carboxylic acids is 1. The lowest BCUT2D eigenvalue weighted by Gasteiger charge is -2.24. The fourth-order valence-corrected chi connectivity index (χ4v) is 3.79. The molecule has 0 bridgehead atoms. The maximum atomic E-state index is 12.7. The van der Waals surface area contributed by atoms with E-state index < -0.39 is 0 Å². The Kier molecular flexibility index (Phi) is 3.82. The van der Waals surface area contributed by atoms with Crippen molar-refractivity contribution in [3.05, 3.63) is 48.0 Å². The second-order valence-electron chi connectivity index (χ2n) is 5.57. The van der Waals surface area contributed by atoms with E-state index in [-0.39, 0.29) is 11.8 Å². The fourth-order valence-electron chi connectivity index (χ4n) is 2.89. The first-order valence-corrected chi connectivity index (χ1v) is 8.53. The summed E-state index contributed by atoms with van der Waals surface area (Å²) in [6, 6.07) is 13.4. The molecule has 1 atom stereocenters. The summed E-state index contributed by atoms with van der Waals surface area (Å²) in [5.74, 6) is 1.31. The molecule has 0 saturated heterocycles. The number of amides is 1. The SMILES string of the molecule is COc1ccc2nc(NC(=O)C3CCOc4ccccc43)sc2c1. The van der Waals surface area contributed by atoms with E-state index in [4.69, 9.17) is 9.47 Å². The fraction of sp³-hybridized carbons (Fsp3) is 0.222. The van der Waals surface area contributed by atoms with E-state index in [1.54, 1.807) is 7.11 Å². The quantitative estimate of drug-likeness (QED) is 0.787. The Bertz CT molecular complexity index is 906. The third kappa shape index (κ3) is 2.69. The van der Waals surface area contributed by atoms with Crippen LogP contribution in [0.4, 0.5) is 5.13 Å². The molecule has 5 nitrogen and oxygen atoms in total. The normalized spacial score (nSPS) is 16.3. The summed E-state index contributed by atoms with van der Waals surface area (Å²) < 4.78 is 11.8. The van der Waals surface area contributed by atoms with Crippen LogP contribution in [-0.4, -0.2) is 24.6 Å². The topological polar surface area (TPSA) is 60.5 Å². The highest BCUT2D eigenvalue weighted by Gasteiger charge is 2.28. The van der Waals surface area contributed by atoms with E-state index in [9.17, 15) is 4.79 Å². The summed E-state index contributed by atoms with van der Waals surface area (Å²) in [5.41, 5.74) is 1.78. The van der Waals surface area contributed by atoms with Gasteiger partial charge in [0.1, 0.15) is 11.5 Å². The number of nitrogens with one attached hydrogen (secondary N) is 1. The van der Waals surface area contributed by atoms with Crippen molar-refractivity contribution in [3.8, 4) is 11.5 Å². The van der Waals surface area contributed by atoms with Gasteiger partial charge in [-0.1, -0.05) is 29.5 Å². The standard InChI is InChI=1S/C18H16N2O3S/c1-22-11-6-7-14-16(10-11)24-18(19-14)20-17(21)13-8-9-23-15-5-3-2-4-12(13)15/h2-7,10,13H,8-9H2,1H3,(H,19,20,21). The molecule has 0 radical (unpaired) electrons. The van der Waals surface area contributed by atoms with Crippen LogP contribution < -0.4 is 14.8 Å². The maximum Gasteiger partial charge on any atom is 0.233 e. The smallest absolute Gasteiger partial charge is 0.233 e. The van der Waals surface area contributed by atoms with Crippen molar-refractivity contribution in [1.82, 2.24) is 4.98 Å². The summed E-state index contributed by atoms with van der Waals surface area (Å²) in [5, 5.41) is 3.56. The number of anilines is 1. The van der Waals surface area contributed by atoms with Crippen molar-refractivity contribution in [2.75, 3.05) is 19.0 Å². The Morgan fingerprint density at radius 1 is 1.33 bits per heavy atom. The van der Waals surface area contributed by atoms with Crippen LogP contribution in [0.2, 0.25) is 0 Å². The third-order valence-corrected chi connectivity index (χ3v) is 5.03. The van der Waals surface area contributed by atoms with E-state index in [1.165, 1.54) is 11.3 Å². The second kappa shape index (κ2) is 6.13. The van der Waals surface area contributed by atoms with Gasteiger partial charge in [-0.15, -0.1) is 0 Å². The molecule has 0 saturated carbocycles. The van der Waals surface area contributed by atoms with Gasteiger partial charge >= 0.3 is 0 Å². The van der Waals surface area contributed by atoms with Crippen molar-refractivity contribution in [2.24, 2.45) is 0 Å². The lowest BCUT2D eigenvalue weighted by Crippen LogP contribution is -2.26. The van der Waals surface area contributed by atoms with Crippen LogP contribution in [0, 0.1) is 0 Å². The molecule has 2 aromatic carbocycles. The van der Waals surface area contributed by atoms with E-state index in [2.05, 4.69) is 10.3 Å². The van der Waals surface area contributed by atoms with Crippen molar-refractivity contribution < 1.29 is 14.3 Å². The Morgan fingerprint density at radius 2 is 2.21 bits per heavy atom. The highest BCUT2D eigenvalue weighted by atomic mass is 32.1. The van der Waals surface area contributed by atoms with Gasteiger partial charge in [-0.3, -0.25) is 4.79 Å². The van der Waals surface area contributed by atoms with Crippen molar-refractivity contribution in [1.29, 1.82) is 0 Å². The third-order valence-electron chi connectivity index (χ3n) is 4.10. The number of fused-ring (bicyclic) bond motifs is 2. The van der Waals surface area contributed by atoms with Gasteiger partial charge in [-0.05, 0) is 30.7 Å². The summed E-state index contributed by atoms with van der Waals surface area (Å²) in [6.45, 7) is 0.548. The highest BCUT2D eigenvalue weighted by molar-refractivity contribution is 7.22. The van der Waals surface area contributed by atoms with E-state index >= 15 is 0 Å². The molecule has 24 heavy (non-hydrogen) atoms. The summed E-state index contributed by atoms with van der Waals surface area (Å²) in [6.07, 6.45) is 0.668. The Labute approximate surface area is 143 Å². The van der Waals surface area contributed by atoms with Gasteiger partial charge in [0.05, 0.1) is 29.9 Å². The van der Waals surface area contributed by atoms with Crippen molar-refractivity contribution in [2.45, 2.75) is 12.3 Å². The average molecular weight is 340 g/mol.